The lowest BCUT2D eigenvalue weighted by Crippen LogP contribution is -2.43. The van der Waals surface area contributed by atoms with Crippen LogP contribution in [0.25, 0.3) is 0 Å². The van der Waals surface area contributed by atoms with E-state index in [0.717, 1.165) is 6.61 Å². The summed E-state index contributed by atoms with van der Waals surface area (Å²) in [6.45, 7) is 4.29. The maximum absolute atomic E-state index is 5.58. The molecule has 1 saturated heterocycles. The predicted molar refractivity (Wildman–Crippen MR) is 66.5 cm³/mol. The van der Waals surface area contributed by atoms with Crippen molar-refractivity contribution in [3.63, 3.8) is 0 Å². The van der Waals surface area contributed by atoms with Crippen LogP contribution in [-0.4, -0.2) is 36.3 Å². The molecule has 0 amide bonds. The van der Waals surface area contributed by atoms with Crippen LogP contribution in [-0.2, 0) is 4.74 Å². The zero-order valence-electron chi connectivity index (χ0n) is 9.92. The Morgan fingerprint density at radius 3 is 2.67 bits per heavy atom. The minimum Gasteiger partial charge on any atom is -0.377 e. The van der Waals surface area contributed by atoms with E-state index >= 15 is 0 Å². The first kappa shape index (κ1) is 11.7. The summed E-state index contributed by atoms with van der Waals surface area (Å²) in [4.78, 5) is 0. The van der Waals surface area contributed by atoms with Crippen molar-refractivity contribution < 1.29 is 4.74 Å². The number of ether oxygens (including phenoxy) is 1. The highest BCUT2D eigenvalue weighted by Gasteiger charge is 2.34. The molecule has 0 bridgehead atoms. The van der Waals surface area contributed by atoms with Crippen molar-refractivity contribution in [3.8, 4) is 0 Å². The van der Waals surface area contributed by atoms with Crippen LogP contribution in [0.5, 0.6) is 0 Å². The molecule has 15 heavy (non-hydrogen) atoms. The van der Waals surface area contributed by atoms with Gasteiger partial charge in [-0.1, -0.05) is 12.8 Å². The number of nitrogens with one attached hydrogen (secondary N) is 1. The van der Waals surface area contributed by atoms with Gasteiger partial charge < -0.3 is 10.1 Å². The van der Waals surface area contributed by atoms with E-state index in [-0.39, 0.29) is 0 Å². The monoisotopic (exact) mass is 229 g/mol. The molecule has 2 aliphatic rings. The SMILES string of the molecule is CSC1(CNC2CCOC2C)CCCC1. The summed E-state index contributed by atoms with van der Waals surface area (Å²) in [5, 5.41) is 3.72. The molecular formula is C12H23NOS. The molecule has 1 heterocycles. The molecule has 0 aromatic rings. The molecule has 0 radical (unpaired) electrons. The molecule has 1 N–H and O–H groups in total. The third-order valence-corrected chi connectivity index (χ3v) is 5.43. The van der Waals surface area contributed by atoms with E-state index in [1.807, 2.05) is 0 Å². The molecule has 0 aromatic carbocycles. The van der Waals surface area contributed by atoms with Gasteiger partial charge in [0.15, 0.2) is 0 Å². The molecule has 3 heteroatoms. The highest BCUT2D eigenvalue weighted by Crippen LogP contribution is 2.39. The fourth-order valence-corrected chi connectivity index (χ4v) is 3.71. The van der Waals surface area contributed by atoms with Crippen LogP contribution in [0.3, 0.4) is 0 Å². The van der Waals surface area contributed by atoms with Crippen LogP contribution in [0.2, 0.25) is 0 Å². The molecule has 2 nitrogen and oxygen atoms in total. The predicted octanol–water partition coefficient (Wildman–Crippen LogP) is 2.43. The first-order valence-corrected chi connectivity index (χ1v) is 7.38. The average molecular weight is 229 g/mol. The standard InChI is InChI=1S/C12H23NOS/c1-10-11(5-8-14-10)13-9-12(15-2)6-3-4-7-12/h10-11,13H,3-9H2,1-2H3. The van der Waals surface area contributed by atoms with Crippen molar-refractivity contribution in [2.45, 2.75) is 55.9 Å². The molecule has 2 atom stereocenters. The second kappa shape index (κ2) is 5.07. The third-order valence-electron chi connectivity index (χ3n) is 4.01. The van der Waals surface area contributed by atoms with Crippen molar-refractivity contribution in [1.82, 2.24) is 5.32 Å². The van der Waals surface area contributed by atoms with Gasteiger partial charge in [-0.05, 0) is 32.4 Å². The number of hydrogen-bond donors (Lipinski definition) is 1. The van der Waals surface area contributed by atoms with Crippen LogP contribution in [0.1, 0.15) is 39.0 Å². The van der Waals surface area contributed by atoms with E-state index in [4.69, 9.17) is 4.74 Å². The fraction of sp³-hybridized carbons (Fsp3) is 1.00. The van der Waals surface area contributed by atoms with Gasteiger partial charge in [0, 0.05) is 23.9 Å². The Labute approximate surface area is 97.5 Å². The summed E-state index contributed by atoms with van der Waals surface area (Å²) < 4.78 is 6.11. The molecule has 1 saturated carbocycles. The van der Waals surface area contributed by atoms with E-state index in [9.17, 15) is 0 Å². The van der Waals surface area contributed by atoms with Gasteiger partial charge in [0.1, 0.15) is 0 Å². The van der Waals surface area contributed by atoms with Crippen LogP contribution in [0.15, 0.2) is 0 Å². The Balaban J connectivity index is 1.80. The van der Waals surface area contributed by atoms with Crippen molar-refractivity contribution in [3.05, 3.63) is 0 Å². The van der Waals surface area contributed by atoms with Crippen LogP contribution < -0.4 is 5.32 Å². The first-order chi connectivity index (χ1) is 7.26. The molecule has 2 unspecified atom stereocenters. The van der Waals surface area contributed by atoms with Gasteiger partial charge in [-0.2, -0.15) is 11.8 Å². The van der Waals surface area contributed by atoms with Crippen LogP contribution >= 0.6 is 11.8 Å². The van der Waals surface area contributed by atoms with Crippen molar-refractivity contribution in [2.75, 3.05) is 19.4 Å². The summed E-state index contributed by atoms with van der Waals surface area (Å²) in [5.41, 5.74) is 0. The Kier molecular flexibility index (Phi) is 3.97. The average Bonchev–Trinajstić information content (AvgIpc) is 2.85. The van der Waals surface area contributed by atoms with Gasteiger partial charge in [0.05, 0.1) is 6.10 Å². The van der Waals surface area contributed by atoms with Crippen molar-refractivity contribution in [2.24, 2.45) is 0 Å². The van der Waals surface area contributed by atoms with Gasteiger partial charge in [-0.25, -0.2) is 0 Å². The Morgan fingerprint density at radius 2 is 2.13 bits per heavy atom. The summed E-state index contributed by atoms with van der Waals surface area (Å²) in [7, 11) is 0. The molecular weight excluding hydrogens is 206 g/mol. The van der Waals surface area contributed by atoms with E-state index in [1.54, 1.807) is 0 Å². The number of thioether (sulfide) groups is 1. The highest BCUT2D eigenvalue weighted by atomic mass is 32.2. The van der Waals surface area contributed by atoms with E-state index in [0.29, 0.717) is 16.9 Å². The Hall–Kier alpha value is 0.270. The molecule has 0 spiro atoms. The molecule has 1 aliphatic heterocycles. The summed E-state index contributed by atoms with van der Waals surface area (Å²) in [5.74, 6) is 0. The molecule has 2 rings (SSSR count). The number of hydrogen-bond acceptors (Lipinski definition) is 3. The maximum atomic E-state index is 5.58. The highest BCUT2D eigenvalue weighted by molar-refractivity contribution is 8.00. The Morgan fingerprint density at radius 1 is 1.40 bits per heavy atom. The van der Waals surface area contributed by atoms with Crippen LogP contribution in [0, 0.1) is 0 Å². The maximum Gasteiger partial charge on any atom is 0.0700 e. The summed E-state index contributed by atoms with van der Waals surface area (Å²) in [6, 6.07) is 0.592. The Bertz CT molecular complexity index is 204. The van der Waals surface area contributed by atoms with Gasteiger partial charge in [-0.15, -0.1) is 0 Å². The minimum atomic E-state index is 0.408. The minimum absolute atomic E-state index is 0.408. The summed E-state index contributed by atoms with van der Waals surface area (Å²) in [6.07, 6.45) is 9.48. The zero-order chi connectivity index (χ0) is 10.7. The molecule has 0 aromatic heterocycles. The van der Waals surface area contributed by atoms with Gasteiger partial charge in [-0.3, -0.25) is 0 Å². The van der Waals surface area contributed by atoms with Gasteiger partial charge >= 0.3 is 0 Å². The van der Waals surface area contributed by atoms with Crippen molar-refractivity contribution in [1.29, 1.82) is 0 Å². The summed E-state index contributed by atoms with van der Waals surface area (Å²) >= 11 is 2.06. The lowest BCUT2D eigenvalue weighted by molar-refractivity contribution is 0.113. The lowest BCUT2D eigenvalue weighted by Gasteiger charge is -2.29. The smallest absolute Gasteiger partial charge is 0.0700 e. The van der Waals surface area contributed by atoms with Gasteiger partial charge in [0.25, 0.3) is 0 Å². The fourth-order valence-electron chi connectivity index (χ4n) is 2.79. The van der Waals surface area contributed by atoms with E-state index < -0.39 is 0 Å². The first-order valence-electron chi connectivity index (χ1n) is 6.16. The largest absolute Gasteiger partial charge is 0.377 e. The van der Waals surface area contributed by atoms with Gasteiger partial charge in [0.2, 0.25) is 0 Å². The van der Waals surface area contributed by atoms with E-state index in [2.05, 4.69) is 30.3 Å². The van der Waals surface area contributed by atoms with E-state index in [1.165, 1.54) is 38.6 Å². The molecule has 1 aliphatic carbocycles. The quantitative estimate of drug-likeness (QED) is 0.800. The molecule has 2 fully saturated rings. The zero-order valence-corrected chi connectivity index (χ0v) is 10.7. The third kappa shape index (κ3) is 2.69. The normalized spacial score (nSPS) is 34.8. The lowest BCUT2D eigenvalue weighted by atomic mass is 10.1. The molecule has 88 valence electrons. The number of rotatable bonds is 4. The van der Waals surface area contributed by atoms with Crippen molar-refractivity contribution >= 4 is 11.8 Å². The second-order valence-corrected chi connectivity index (χ2v) is 6.22. The van der Waals surface area contributed by atoms with Crippen LogP contribution in [0.4, 0.5) is 0 Å². The topological polar surface area (TPSA) is 21.3 Å². The second-order valence-electron chi connectivity index (χ2n) is 4.95.